The first-order valence-corrected chi connectivity index (χ1v) is 12.4. The number of ketones is 1. The molecular formula is C25H35FN6O5. The van der Waals surface area contributed by atoms with Crippen LogP contribution >= 0.6 is 0 Å². The highest BCUT2D eigenvalue weighted by Gasteiger charge is 2.27. The minimum atomic E-state index is -1.28. The number of likely N-dealkylation sites (tertiary alicyclic amines) is 1. The van der Waals surface area contributed by atoms with E-state index in [-0.39, 0.29) is 54.5 Å². The summed E-state index contributed by atoms with van der Waals surface area (Å²) in [5, 5.41) is 10.2. The molecule has 1 N–H and O–H groups in total. The topological polar surface area (TPSA) is 128 Å². The summed E-state index contributed by atoms with van der Waals surface area (Å²) >= 11 is 0. The average Bonchev–Trinajstić information content (AvgIpc) is 3.26. The van der Waals surface area contributed by atoms with E-state index < -0.39 is 11.8 Å². The molecule has 202 valence electrons. The predicted molar refractivity (Wildman–Crippen MR) is 134 cm³/mol. The maximum Gasteiger partial charge on any atom is 0.410 e. The average molecular weight is 519 g/mol. The van der Waals surface area contributed by atoms with Crippen molar-refractivity contribution in [3.05, 3.63) is 40.6 Å². The van der Waals surface area contributed by atoms with Crippen LogP contribution in [0.4, 0.5) is 14.9 Å². The summed E-state index contributed by atoms with van der Waals surface area (Å²) in [6, 6.07) is 2.92. The highest BCUT2D eigenvalue weighted by molar-refractivity contribution is 5.91. The predicted octanol–water partition coefficient (Wildman–Crippen LogP) is 3.05. The van der Waals surface area contributed by atoms with Crippen LogP contribution in [0.3, 0.4) is 0 Å². The number of hydrogen-bond acceptors (Lipinski definition) is 7. The van der Waals surface area contributed by atoms with Gasteiger partial charge >= 0.3 is 6.09 Å². The van der Waals surface area contributed by atoms with Crippen molar-refractivity contribution in [3.8, 4) is 0 Å². The zero-order valence-corrected chi connectivity index (χ0v) is 21.8. The smallest absolute Gasteiger partial charge is 0.410 e. The van der Waals surface area contributed by atoms with E-state index in [1.54, 1.807) is 11.0 Å². The van der Waals surface area contributed by atoms with Gasteiger partial charge in [0, 0.05) is 50.9 Å². The van der Waals surface area contributed by atoms with Crippen LogP contribution in [0.5, 0.6) is 0 Å². The Bertz CT molecular complexity index is 1160. The number of aromatic nitrogens is 4. The minimum absolute atomic E-state index is 0.0696. The lowest BCUT2D eigenvalue weighted by Crippen LogP contribution is -2.42. The fraction of sp³-hybridized carbons (Fsp3) is 0.600. The van der Waals surface area contributed by atoms with E-state index in [1.165, 1.54) is 34.6 Å². The number of nitrogens with zero attached hydrogens (tertiary/aromatic N) is 5. The number of ether oxygens (including phenoxy) is 1. The third kappa shape index (κ3) is 8.80. The molecule has 3 rings (SSSR count). The highest BCUT2D eigenvalue weighted by Crippen LogP contribution is 2.23. The molecular weight excluding hydrogens is 483 g/mol. The van der Waals surface area contributed by atoms with Crippen molar-refractivity contribution >= 4 is 23.5 Å². The molecule has 11 nitrogen and oxygen atoms in total. The number of nitrogens with one attached hydrogen (secondary N) is 1. The number of anilines is 1. The summed E-state index contributed by atoms with van der Waals surface area (Å²) in [5.41, 5.74) is -0.342. The number of carbonyl (C=O) groups is 3. The molecule has 0 bridgehead atoms. The molecule has 1 unspecified atom stereocenters. The number of hydrogen-bond donors (Lipinski definition) is 1. The summed E-state index contributed by atoms with van der Waals surface area (Å²) in [6.45, 7) is 7.98. The zero-order valence-electron chi connectivity index (χ0n) is 21.8. The maximum absolute atomic E-state index is 14.4. The minimum Gasteiger partial charge on any atom is -0.444 e. The van der Waals surface area contributed by atoms with Crippen LogP contribution in [0.25, 0.3) is 0 Å². The van der Waals surface area contributed by atoms with Crippen LogP contribution in [0.15, 0.2) is 29.3 Å². The summed E-state index contributed by atoms with van der Waals surface area (Å²) in [7, 11) is 0. The van der Waals surface area contributed by atoms with Gasteiger partial charge in [-0.25, -0.2) is 13.9 Å². The van der Waals surface area contributed by atoms with E-state index in [9.17, 15) is 23.6 Å². The van der Waals surface area contributed by atoms with E-state index in [2.05, 4.69) is 15.6 Å². The number of pyridine rings is 1. The van der Waals surface area contributed by atoms with Crippen molar-refractivity contribution in [2.24, 2.45) is 5.92 Å². The van der Waals surface area contributed by atoms with Crippen LogP contribution in [-0.2, 0) is 22.6 Å². The number of carbonyl (C=O) groups excluding carboxylic acids is 3. The van der Waals surface area contributed by atoms with E-state index in [0.717, 1.165) is 0 Å². The molecule has 37 heavy (non-hydrogen) atoms. The van der Waals surface area contributed by atoms with Crippen LogP contribution in [0, 0.1) is 5.92 Å². The van der Waals surface area contributed by atoms with Crippen molar-refractivity contribution < 1.29 is 23.5 Å². The summed E-state index contributed by atoms with van der Waals surface area (Å²) < 4.78 is 22.4. The Morgan fingerprint density at radius 1 is 1.24 bits per heavy atom. The van der Waals surface area contributed by atoms with Crippen molar-refractivity contribution in [2.75, 3.05) is 18.4 Å². The quantitative estimate of drug-likeness (QED) is 0.505. The molecule has 1 saturated heterocycles. The van der Waals surface area contributed by atoms with E-state index in [0.29, 0.717) is 38.0 Å². The van der Waals surface area contributed by atoms with Gasteiger partial charge in [-0.1, -0.05) is 5.21 Å². The number of alkyl halides is 1. The van der Waals surface area contributed by atoms with Crippen LogP contribution in [-0.4, -0.2) is 67.1 Å². The fourth-order valence-corrected chi connectivity index (χ4v) is 4.01. The van der Waals surface area contributed by atoms with E-state index in [1.807, 2.05) is 20.8 Å². The Morgan fingerprint density at radius 2 is 1.95 bits per heavy atom. The Hall–Kier alpha value is -3.57. The first-order valence-electron chi connectivity index (χ1n) is 12.4. The number of aryl methyl sites for hydroxylation is 1. The van der Waals surface area contributed by atoms with Crippen molar-refractivity contribution in [1.29, 1.82) is 0 Å². The van der Waals surface area contributed by atoms with Crippen molar-refractivity contribution in [2.45, 2.75) is 78.2 Å². The first kappa shape index (κ1) is 28.0. The van der Waals surface area contributed by atoms with Gasteiger partial charge in [-0.15, -0.1) is 5.10 Å². The standard InChI is InChI=1S/C25H35FN6O5/c1-17(33)21-16-32(29-28-21)15-19(26)7-11-30-12-8-20(14-23(30)35)27-22(34)13-18-5-9-31(10-6-18)24(36)37-25(2,3)4/h8,12,14,16,18-19H,5-7,9-11,13,15H2,1-4H3,(H,27,34). The third-order valence-corrected chi connectivity index (χ3v) is 5.99. The second-order valence-electron chi connectivity index (χ2n) is 10.4. The molecule has 0 aromatic carbocycles. The van der Waals surface area contributed by atoms with Crippen molar-refractivity contribution in [1.82, 2.24) is 24.5 Å². The third-order valence-electron chi connectivity index (χ3n) is 5.99. The van der Waals surface area contributed by atoms with Gasteiger partial charge in [0.05, 0.1) is 12.7 Å². The first-order chi connectivity index (χ1) is 17.4. The summed E-state index contributed by atoms with van der Waals surface area (Å²) in [6.07, 6.45) is 3.05. The molecule has 3 heterocycles. The fourth-order valence-electron chi connectivity index (χ4n) is 4.01. The lowest BCUT2D eigenvalue weighted by atomic mass is 9.93. The van der Waals surface area contributed by atoms with Gasteiger partial charge in [0.25, 0.3) is 5.56 Å². The molecule has 0 spiro atoms. The van der Waals surface area contributed by atoms with Gasteiger partial charge in [-0.05, 0) is 52.0 Å². The molecule has 1 aliphatic heterocycles. The molecule has 2 aromatic rings. The van der Waals surface area contributed by atoms with Gasteiger partial charge < -0.3 is 19.5 Å². The molecule has 1 fully saturated rings. The van der Waals surface area contributed by atoms with Gasteiger partial charge in [0.2, 0.25) is 5.91 Å². The Balaban J connectivity index is 1.42. The maximum atomic E-state index is 14.4. The molecule has 2 aromatic heterocycles. The Kier molecular flexibility index (Phi) is 9.17. The largest absolute Gasteiger partial charge is 0.444 e. The van der Waals surface area contributed by atoms with Crippen LogP contribution in [0.1, 0.15) is 63.9 Å². The summed E-state index contributed by atoms with van der Waals surface area (Å²) in [4.78, 5) is 50.1. The number of amides is 2. The lowest BCUT2D eigenvalue weighted by Gasteiger charge is -2.33. The molecule has 12 heteroatoms. The normalized spacial score (nSPS) is 15.3. The van der Waals surface area contributed by atoms with Crippen LogP contribution in [0.2, 0.25) is 0 Å². The molecule has 2 amide bonds. The summed E-state index contributed by atoms with van der Waals surface area (Å²) in [5.74, 6) is -0.310. The lowest BCUT2D eigenvalue weighted by molar-refractivity contribution is -0.117. The number of halogens is 1. The molecule has 1 aliphatic rings. The molecule has 0 saturated carbocycles. The van der Waals surface area contributed by atoms with E-state index >= 15 is 0 Å². The molecule has 0 radical (unpaired) electrons. The van der Waals surface area contributed by atoms with Gasteiger partial charge in [0.1, 0.15) is 17.5 Å². The second-order valence-corrected chi connectivity index (χ2v) is 10.4. The number of rotatable bonds is 9. The van der Waals surface area contributed by atoms with Gasteiger partial charge in [0.15, 0.2) is 5.78 Å². The van der Waals surface area contributed by atoms with Crippen molar-refractivity contribution in [3.63, 3.8) is 0 Å². The Morgan fingerprint density at radius 3 is 2.54 bits per heavy atom. The molecule has 0 aliphatic carbocycles. The van der Waals surface area contributed by atoms with Crippen LogP contribution < -0.4 is 10.9 Å². The monoisotopic (exact) mass is 518 g/mol. The Labute approximate surface area is 215 Å². The SMILES string of the molecule is CC(=O)c1cn(CC(F)CCn2ccc(NC(=O)CC3CCN(C(=O)OC(C)(C)C)CC3)cc2=O)nn1. The number of piperidine rings is 1. The highest BCUT2D eigenvalue weighted by atomic mass is 19.1. The number of Topliss-reactive ketones (excluding diaryl/α,β-unsaturated/α-hetero) is 1. The zero-order chi connectivity index (χ0) is 27.2. The molecule has 1 atom stereocenters. The van der Waals surface area contributed by atoms with Gasteiger partial charge in [-0.2, -0.15) is 0 Å². The van der Waals surface area contributed by atoms with E-state index in [4.69, 9.17) is 4.74 Å². The van der Waals surface area contributed by atoms with Gasteiger partial charge in [-0.3, -0.25) is 14.4 Å². The second kappa shape index (κ2) is 12.1.